The van der Waals surface area contributed by atoms with Gasteiger partial charge in [-0.2, -0.15) is 13.2 Å². The summed E-state index contributed by atoms with van der Waals surface area (Å²) in [5, 5.41) is 10.4. The minimum Gasteiger partial charge on any atom is -0.370 e. The molecule has 0 saturated heterocycles. The van der Waals surface area contributed by atoms with Gasteiger partial charge in [-0.1, -0.05) is 18.5 Å². The molecule has 2 unspecified atom stereocenters. The molecule has 4 rings (SSSR count). The van der Waals surface area contributed by atoms with Gasteiger partial charge in [0.15, 0.2) is 18.7 Å². The van der Waals surface area contributed by atoms with Crippen LogP contribution in [0.2, 0.25) is 0 Å². The third kappa shape index (κ3) is 5.20. The summed E-state index contributed by atoms with van der Waals surface area (Å²) < 4.78 is 39.9. The number of aryl methyl sites for hydroxylation is 1. The van der Waals surface area contributed by atoms with Gasteiger partial charge in [-0.15, -0.1) is 0 Å². The maximum Gasteiger partial charge on any atom is 0.406 e. The van der Waals surface area contributed by atoms with Crippen LogP contribution in [0.3, 0.4) is 0 Å². The van der Waals surface area contributed by atoms with Crippen molar-refractivity contribution in [3.8, 4) is 0 Å². The van der Waals surface area contributed by atoms with Crippen molar-refractivity contribution in [1.29, 1.82) is 0 Å². The molecule has 1 aromatic heterocycles. The first-order chi connectivity index (χ1) is 16.0. The van der Waals surface area contributed by atoms with Crippen molar-refractivity contribution < 1.29 is 22.7 Å². The number of hydrogen-bond donors (Lipinski definition) is 2. The molecule has 1 amide bonds. The topological polar surface area (TPSA) is 72.6 Å². The van der Waals surface area contributed by atoms with E-state index in [9.17, 15) is 18.0 Å². The highest BCUT2D eigenvalue weighted by atomic mass is 19.4. The minimum atomic E-state index is -4.26. The quantitative estimate of drug-likeness (QED) is 0.598. The lowest BCUT2D eigenvalue weighted by atomic mass is 9.82. The molecule has 1 saturated carbocycles. The van der Waals surface area contributed by atoms with Crippen molar-refractivity contribution in [2.45, 2.75) is 58.7 Å². The molecule has 0 spiro atoms. The van der Waals surface area contributed by atoms with Crippen molar-refractivity contribution in [3.63, 3.8) is 0 Å². The summed E-state index contributed by atoms with van der Waals surface area (Å²) in [6.07, 6.45) is 1.90. The highest BCUT2D eigenvalue weighted by Gasteiger charge is 2.43. The van der Waals surface area contributed by atoms with Gasteiger partial charge < -0.3 is 15.5 Å². The Morgan fingerprint density at radius 1 is 1.24 bits per heavy atom. The Labute approximate surface area is 198 Å². The van der Waals surface area contributed by atoms with Crippen molar-refractivity contribution in [2.24, 2.45) is 28.8 Å². The van der Waals surface area contributed by atoms with Gasteiger partial charge in [-0.3, -0.25) is 4.79 Å². The minimum absolute atomic E-state index is 0.00137. The lowest BCUT2D eigenvalue weighted by Crippen LogP contribution is -2.49. The van der Waals surface area contributed by atoms with Crippen LogP contribution in [0.15, 0.2) is 11.2 Å². The summed E-state index contributed by atoms with van der Waals surface area (Å²) in [7, 11) is 1.95. The van der Waals surface area contributed by atoms with Crippen LogP contribution in [0.5, 0.6) is 0 Å². The SMILES string of the molecule is Cc1nc(NCC2CCC(C[N+]3=CC(C(F)(F)F)C=N3)CC2)cc2c1NC(=O)C(C(C)C)N2C. The Kier molecular flexibility index (Phi) is 6.87. The summed E-state index contributed by atoms with van der Waals surface area (Å²) in [5.41, 5.74) is 2.52. The van der Waals surface area contributed by atoms with E-state index in [1.54, 1.807) is 0 Å². The Morgan fingerprint density at radius 3 is 2.53 bits per heavy atom. The fraction of sp³-hybridized carbons (Fsp3) is 0.667. The van der Waals surface area contributed by atoms with Crippen LogP contribution in [-0.2, 0) is 4.79 Å². The zero-order valence-electron chi connectivity index (χ0n) is 20.2. The molecule has 2 aliphatic heterocycles. The maximum absolute atomic E-state index is 12.8. The molecule has 0 radical (unpaired) electrons. The second-order valence-corrected chi connectivity index (χ2v) is 10.1. The molecule has 2 atom stereocenters. The molecular formula is C24H34F3N6O+. The van der Waals surface area contributed by atoms with E-state index in [0.29, 0.717) is 18.4 Å². The summed E-state index contributed by atoms with van der Waals surface area (Å²) in [6, 6.07) is 1.78. The molecule has 3 aliphatic rings. The van der Waals surface area contributed by atoms with Crippen LogP contribution < -0.4 is 15.5 Å². The Bertz CT molecular complexity index is 982. The highest BCUT2D eigenvalue weighted by molar-refractivity contribution is 6.04. The lowest BCUT2D eigenvalue weighted by Gasteiger charge is -2.38. The van der Waals surface area contributed by atoms with Gasteiger partial charge in [0.05, 0.1) is 23.3 Å². The van der Waals surface area contributed by atoms with Crippen molar-refractivity contribution in [2.75, 3.05) is 35.7 Å². The lowest BCUT2D eigenvalue weighted by molar-refractivity contribution is -0.534. The number of nitrogens with zero attached hydrogens (tertiary/aromatic N) is 4. The normalized spacial score (nSPS) is 27.0. The van der Waals surface area contributed by atoms with E-state index in [2.05, 4.69) is 20.7 Å². The van der Waals surface area contributed by atoms with E-state index >= 15 is 0 Å². The molecular weight excluding hydrogens is 445 g/mol. The predicted octanol–water partition coefficient (Wildman–Crippen LogP) is 4.28. The average molecular weight is 480 g/mol. The number of alkyl halides is 3. The molecule has 7 nitrogen and oxygen atoms in total. The zero-order chi connectivity index (χ0) is 24.6. The average Bonchev–Trinajstić information content (AvgIpc) is 3.23. The molecule has 0 bridgehead atoms. The first kappa shape index (κ1) is 24.5. The van der Waals surface area contributed by atoms with Crippen molar-refractivity contribution in [3.05, 3.63) is 11.8 Å². The molecule has 1 aromatic rings. The molecule has 1 aliphatic carbocycles. The number of carbonyl (C=O) groups excluding carboxylic acids is 1. The van der Waals surface area contributed by atoms with Crippen molar-refractivity contribution >= 4 is 35.5 Å². The van der Waals surface area contributed by atoms with E-state index < -0.39 is 12.1 Å². The Balaban J connectivity index is 1.31. The summed E-state index contributed by atoms with van der Waals surface area (Å²) in [6.45, 7) is 7.33. The van der Waals surface area contributed by atoms with Gasteiger partial charge in [0.2, 0.25) is 5.91 Å². The smallest absolute Gasteiger partial charge is 0.370 e. The second-order valence-electron chi connectivity index (χ2n) is 10.1. The number of hydrogen-bond acceptors (Lipinski definition) is 5. The van der Waals surface area contributed by atoms with Gasteiger partial charge in [0, 0.05) is 25.6 Å². The van der Waals surface area contributed by atoms with E-state index in [1.807, 2.05) is 38.8 Å². The number of anilines is 3. The van der Waals surface area contributed by atoms with Crippen LogP contribution in [0.1, 0.15) is 45.2 Å². The highest BCUT2D eigenvalue weighted by Crippen LogP contribution is 2.37. The monoisotopic (exact) mass is 479 g/mol. The first-order valence-electron chi connectivity index (χ1n) is 12.0. The number of halogens is 3. The third-order valence-corrected chi connectivity index (χ3v) is 7.19. The zero-order valence-corrected chi connectivity index (χ0v) is 20.2. The van der Waals surface area contributed by atoms with Crippen molar-refractivity contribution in [1.82, 2.24) is 4.98 Å². The van der Waals surface area contributed by atoms with Gasteiger partial charge >= 0.3 is 6.18 Å². The predicted molar refractivity (Wildman–Crippen MR) is 128 cm³/mol. The number of nitrogens with one attached hydrogen (secondary N) is 2. The van der Waals surface area contributed by atoms with Crippen LogP contribution in [0.25, 0.3) is 0 Å². The van der Waals surface area contributed by atoms with Gasteiger partial charge in [-0.05, 0) is 49.5 Å². The number of rotatable bonds is 6. The largest absolute Gasteiger partial charge is 0.406 e. The number of pyridine rings is 1. The molecule has 1 fully saturated rings. The van der Waals surface area contributed by atoms with E-state index in [-0.39, 0.29) is 17.9 Å². The fourth-order valence-electron chi connectivity index (χ4n) is 5.28. The molecule has 10 heteroatoms. The molecule has 3 heterocycles. The third-order valence-electron chi connectivity index (χ3n) is 7.19. The van der Waals surface area contributed by atoms with Crippen LogP contribution in [0.4, 0.5) is 30.4 Å². The summed E-state index contributed by atoms with van der Waals surface area (Å²) >= 11 is 0. The number of carbonyl (C=O) groups is 1. The van der Waals surface area contributed by atoms with E-state index in [1.165, 1.54) is 10.9 Å². The molecule has 0 aromatic carbocycles. The molecule has 2 N–H and O–H groups in total. The van der Waals surface area contributed by atoms with Crippen LogP contribution in [0, 0.1) is 30.6 Å². The van der Waals surface area contributed by atoms with Crippen LogP contribution >= 0.6 is 0 Å². The number of likely N-dealkylation sites (N-methyl/N-ethyl adjacent to an activating group) is 1. The summed E-state index contributed by atoms with van der Waals surface area (Å²) in [5.74, 6) is 0.252. The summed E-state index contributed by atoms with van der Waals surface area (Å²) in [4.78, 5) is 19.2. The van der Waals surface area contributed by atoms with Gasteiger partial charge in [0.1, 0.15) is 11.9 Å². The first-order valence-corrected chi connectivity index (χ1v) is 12.0. The second kappa shape index (κ2) is 9.54. The van der Waals surface area contributed by atoms with Gasteiger partial charge in [-0.25, -0.2) is 4.98 Å². The Morgan fingerprint density at radius 2 is 1.91 bits per heavy atom. The van der Waals surface area contributed by atoms with E-state index in [0.717, 1.165) is 61.3 Å². The maximum atomic E-state index is 12.8. The van der Waals surface area contributed by atoms with E-state index in [4.69, 9.17) is 0 Å². The number of hydrazone groups is 1. The van der Waals surface area contributed by atoms with Crippen LogP contribution in [-0.4, -0.2) is 60.4 Å². The number of amides is 1. The fourth-order valence-corrected chi connectivity index (χ4v) is 5.28. The number of aromatic nitrogens is 1. The standard InChI is InChI=1S/C24H33F3N6O/c1-14(2)22-23(34)31-21-15(3)30-20(9-19(21)32(22)4)28-10-16-5-7-17(8-6-16)12-33-13-18(11-29-33)24(25,26)27/h9,11,13-14,16-18,22H,5-8,10,12H2,1-4H3,(H-,28,30,31,34)/p+1. The molecule has 186 valence electrons. The van der Waals surface area contributed by atoms with Gasteiger partial charge in [0.25, 0.3) is 0 Å². The molecule has 34 heavy (non-hydrogen) atoms. The Hall–Kier alpha value is -2.65. The number of fused-ring (bicyclic) bond motifs is 1.